The fraction of sp³-hybridized carbons (Fsp3) is 0.667. The van der Waals surface area contributed by atoms with Crippen molar-refractivity contribution in [3.05, 3.63) is 34.9 Å². The summed E-state index contributed by atoms with van der Waals surface area (Å²) in [5, 5.41) is 3.51. The van der Waals surface area contributed by atoms with E-state index in [-0.39, 0.29) is 0 Å². The van der Waals surface area contributed by atoms with Crippen molar-refractivity contribution in [2.75, 3.05) is 40.3 Å². The molecule has 0 amide bonds. The summed E-state index contributed by atoms with van der Waals surface area (Å²) in [6, 6.07) is 8.02. The minimum Gasteiger partial charge on any atom is -0.312 e. The van der Waals surface area contributed by atoms with Gasteiger partial charge < -0.3 is 10.2 Å². The number of benzene rings is 1. The van der Waals surface area contributed by atoms with Gasteiger partial charge in [-0.2, -0.15) is 0 Å². The minimum absolute atomic E-state index is 0.421. The number of nitrogens with one attached hydrogen (secondary N) is 1. The molecule has 1 aliphatic heterocycles. The molecule has 0 bridgehead atoms. The van der Waals surface area contributed by atoms with Gasteiger partial charge in [-0.15, -0.1) is 0 Å². The van der Waals surface area contributed by atoms with Gasteiger partial charge in [-0.25, -0.2) is 0 Å². The van der Waals surface area contributed by atoms with Crippen LogP contribution in [0.25, 0.3) is 0 Å². The predicted octanol–water partition coefficient (Wildman–Crippen LogP) is 2.59. The van der Waals surface area contributed by atoms with E-state index in [0.717, 1.165) is 6.54 Å². The van der Waals surface area contributed by atoms with Crippen molar-refractivity contribution in [3.8, 4) is 0 Å². The molecule has 1 heterocycles. The molecule has 2 unspecified atom stereocenters. The van der Waals surface area contributed by atoms with Crippen LogP contribution in [0.1, 0.15) is 36.1 Å². The third kappa shape index (κ3) is 4.29. The number of likely N-dealkylation sites (N-methyl/N-ethyl adjacent to an activating group) is 2. The number of aryl methyl sites for hydroxylation is 2. The van der Waals surface area contributed by atoms with E-state index in [0.29, 0.717) is 12.1 Å². The normalized spacial score (nSPS) is 22.4. The molecular formula is C18H31N3. The Morgan fingerprint density at radius 2 is 1.86 bits per heavy atom. The van der Waals surface area contributed by atoms with Gasteiger partial charge in [-0.3, -0.25) is 4.90 Å². The van der Waals surface area contributed by atoms with Gasteiger partial charge in [-0.1, -0.05) is 36.2 Å². The van der Waals surface area contributed by atoms with Crippen LogP contribution in [0.5, 0.6) is 0 Å². The fourth-order valence-electron chi connectivity index (χ4n) is 3.45. The van der Waals surface area contributed by atoms with Crippen LogP contribution in [0, 0.1) is 13.8 Å². The molecule has 1 aromatic rings. The van der Waals surface area contributed by atoms with E-state index < -0.39 is 0 Å². The third-order valence-electron chi connectivity index (χ3n) is 4.77. The topological polar surface area (TPSA) is 18.5 Å². The maximum absolute atomic E-state index is 3.51. The average molecular weight is 289 g/mol. The molecule has 0 aromatic heterocycles. The molecular weight excluding hydrogens is 258 g/mol. The highest BCUT2D eigenvalue weighted by atomic mass is 15.3. The zero-order valence-electron chi connectivity index (χ0n) is 14.3. The third-order valence-corrected chi connectivity index (χ3v) is 4.77. The molecule has 1 aromatic carbocycles. The second-order valence-electron chi connectivity index (χ2n) is 6.56. The van der Waals surface area contributed by atoms with E-state index in [1.54, 1.807) is 0 Å². The van der Waals surface area contributed by atoms with Crippen LogP contribution in [0.3, 0.4) is 0 Å². The number of piperazine rings is 1. The first-order chi connectivity index (χ1) is 10.0. The van der Waals surface area contributed by atoms with Crippen LogP contribution >= 0.6 is 0 Å². The van der Waals surface area contributed by atoms with Crippen LogP contribution in [0.15, 0.2) is 18.2 Å². The lowest BCUT2D eigenvalue weighted by molar-refractivity contribution is 0.0865. The Morgan fingerprint density at radius 3 is 2.43 bits per heavy atom. The summed E-state index contributed by atoms with van der Waals surface area (Å²) < 4.78 is 0. The average Bonchev–Trinajstić information content (AvgIpc) is 2.45. The van der Waals surface area contributed by atoms with Gasteiger partial charge >= 0.3 is 0 Å². The van der Waals surface area contributed by atoms with E-state index in [2.05, 4.69) is 68.2 Å². The molecule has 1 aliphatic rings. The molecule has 3 nitrogen and oxygen atoms in total. The minimum atomic E-state index is 0.421. The Morgan fingerprint density at radius 1 is 1.19 bits per heavy atom. The molecule has 0 radical (unpaired) electrons. The number of nitrogens with zero attached hydrogens (tertiary/aromatic N) is 2. The Hall–Kier alpha value is -0.900. The first-order valence-electron chi connectivity index (χ1n) is 8.21. The van der Waals surface area contributed by atoms with Gasteiger partial charge in [0.05, 0.1) is 0 Å². The molecule has 21 heavy (non-hydrogen) atoms. The van der Waals surface area contributed by atoms with Crippen molar-refractivity contribution >= 4 is 0 Å². The molecule has 2 rings (SSSR count). The summed E-state index contributed by atoms with van der Waals surface area (Å²) in [7, 11) is 4.33. The first-order valence-corrected chi connectivity index (χ1v) is 8.21. The van der Waals surface area contributed by atoms with Crippen molar-refractivity contribution in [2.45, 2.75) is 39.3 Å². The van der Waals surface area contributed by atoms with Gasteiger partial charge in [0.15, 0.2) is 0 Å². The van der Waals surface area contributed by atoms with Gasteiger partial charge in [0.25, 0.3) is 0 Å². The second-order valence-corrected chi connectivity index (χ2v) is 6.56. The van der Waals surface area contributed by atoms with Gasteiger partial charge in [0.2, 0.25) is 0 Å². The van der Waals surface area contributed by atoms with Gasteiger partial charge in [-0.05, 0) is 39.9 Å². The predicted molar refractivity (Wildman–Crippen MR) is 90.9 cm³/mol. The summed E-state index contributed by atoms with van der Waals surface area (Å²) >= 11 is 0. The Kier molecular flexibility index (Phi) is 5.80. The fourth-order valence-corrected chi connectivity index (χ4v) is 3.45. The van der Waals surface area contributed by atoms with Crippen LogP contribution in [-0.2, 0) is 0 Å². The lowest BCUT2D eigenvalue weighted by Crippen LogP contribution is -2.52. The lowest BCUT2D eigenvalue weighted by atomic mass is 10.00. The molecule has 118 valence electrons. The number of hydrogen-bond acceptors (Lipinski definition) is 3. The van der Waals surface area contributed by atoms with Crippen LogP contribution in [0.2, 0.25) is 0 Å². The Bertz CT molecular complexity index is 438. The van der Waals surface area contributed by atoms with Gasteiger partial charge in [0, 0.05) is 38.3 Å². The monoisotopic (exact) mass is 289 g/mol. The summed E-state index contributed by atoms with van der Waals surface area (Å²) in [5.74, 6) is 0. The maximum atomic E-state index is 3.51. The van der Waals surface area contributed by atoms with E-state index >= 15 is 0 Å². The quantitative estimate of drug-likeness (QED) is 0.899. The molecule has 1 N–H and O–H groups in total. The van der Waals surface area contributed by atoms with E-state index in [4.69, 9.17) is 0 Å². The smallest absolute Gasteiger partial charge is 0.0447 e. The highest BCUT2D eigenvalue weighted by molar-refractivity contribution is 5.30. The first kappa shape index (κ1) is 16.5. The standard InChI is InChI=1S/C18H31N3/c1-6-17-12-21(8-7-20(17)5)13-18(19-4)16-10-14(2)9-15(3)11-16/h9-11,17-19H,6-8,12-13H2,1-5H3. The Labute approximate surface area is 130 Å². The van der Waals surface area contributed by atoms with Crippen LogP contribution < -0.4 is 5.32 Å². The zero-order valence-corrected chi connectivity index (χ0v) is 14.3. The number of hydrogen-bond donors (Lipinski definition) is 1. The Balaban J connectivity index is 2.05. The summed E-state index contributed by atoms with van der Waals surface area (Å²) in [6.07, 6.45) is 1.24. The van der Waals surface area contributed by atoms with E-state index in [1.165, 1.54) is 42.7 Å². The largest absolute Gasteiger partial charge is 0.312 e. The highest BCUT2D eigenvalue weighted by Crippen LogP contribution is 2.20. The van der Waals surface area contributed by atoms with Crippen molar-refractivity contribution in [1.29, 1.82) is 0 Å². The van der Waals surface area contributed by atoms with E-state index in [9.17, 15) is 0 Å². The molecule has 3 heteroatoms. The molecule has 1 saturated heterocycles. The zero-order chi connectivity index (χ0) is 15.4. The van der Waals surface area contributed by atoms with Crippen LogP contribution in [0.4, 0.5) is 0 Å². The molecule has 2 atom stereocenters. The lowest BCUT2D eigenvalue weighted by Gasteiger charge is -2.40. The molecule has 0 saturated carbocycles. The number of rotatable bonds is 5. The summed E-state index contributed by atoms with van der Waals surface area (Å²) in [5.41, 5.74) is 4.13. The summed E-state index contributed by atoms with van der Waals surface area (Å²) in [4.78, 5) is 5.12. The van der Waals surface area contributed by atoms with Crippen molar-refractivity contribution in [3.63, 3.8) is 0 Å². The van der Waals surface area contributed by atoms with Crippen LogP contribution in [-0.4, -0.2) is 56.1 Å². The van der Waals surface area contributed by atoms with Crippen molar-refractivity contribution < 1.29 is 0 Å². The second kappa shape index (κ2) is 7.39. The SMILES string of the molecule is CCC1CN(CC(NC)c2cc(C)cc(C)c2)CCN1C. The van der Waals surface area contributed by atoms with Gasteiger partial charge in [0.1, 0.15) is 0 Å². The molecule has 0 spiro atoms. The molecule has 1 fully saturated rings. The van der Waals surface area contributed by atoms with E-state index in [1.807, 2.05) is 0 Å². The highest BCUT2D eigenvalue weighted by Gasteiger charge is 2.24. The maximum Gasteiger partial charge on any atom is 0.0447 e. The molecule has 0 aliphatic carbocycles. The summed E-state index contributed by atoms with van der Waals surface area (Å²) in [6.45, 7) is 11.3. The van der Waals surface area contributed by atoms with Crippen molar-refractivity contribution in [2.24, 2.45) is 0 Å². The van der Waals surface area contributed by atoms with Crippen molar-refractivity contribution in [1.82, 2.24) is 15.1 Å².